The van der Waals surface area contributed by atoms with Crippen molar-refractivity contribution in [1.29, 1.82) is 0 Å². The number of nitrogens with one attached hydrogen (secondary N) is 3. The zero-order valence-corrected chi connectivity index (χ0v) is 13.6. The second-order valence-corrected chi connectivity index (χ2v) is 5.12. The first-order chi connectivity index (χ1) is 11.8. The summed E-state index contributed by atoms with van der Waals surface area (Å²) in [6, 6.07) is 0.594. The van der Waals surface area contributed by atoms with Crippen molar-refractivity contribution in [3.05, 3.63) is 29.3 Å². The molecule has 25 heavy (non-hydrogen) atoms. The molecule has 0 aliphatic rings. The van der Waals surface area contributed by atoms with Gasteiger partial charge in [0.15, 0.2) is 11.4 Å². The van der Waals surface area contributed by atoms with Gasteiger partial charge in [0.05, 0.1) is 5.69 Å². The van der Waals surface area contributed by atoms with E-state index in [1.807, 2.05) is 6.92 Å². The zero-order chi connectivity index (χ0) is 18.6. The molecule has 0 bridgehead atoms. The predicted molar refractivity (Wildman–Crippen MR) is 82.1 cm³/mol. The van der Waals surface area contributed by atoms with E-state index < -0.39 is 29.4 Å². The Morgan fingerprint density at radius 2 is 2.00 bits per heavy atom. The SMILES string of the molecule is CCCNC(=O)c1nn(CC)cc1NC(=O)c1cc(C(F)(F)F)[nH]n1. The van der Waals surface area contributed by atoms with Crippen LogP contribution in [0.2, 0.25) is 0 Å². The van der Waals surface area contributed by atoms with E-state index in [-0.39, 0.29) is 11.4 Å². The van der Waals surface area contributed by atoms with Gasteiger partial charge in [-0.3, -0.25) is 19.4 Å². The maximum absolute atomic E-state index is 12.6. The molecule has 0 atom stereocenters. The number of carbonyl (C=O) groups is 2. The topological polar surface area (TPSA) is 105 Å². The molecule has 0 saturated carbocycles. The molecule has 0 saturated heterocycles. The van der Waals surface area contributed by atoms with Crippen molar-refractivity contribution in [2.24, 2.45) is 0 Å². The predicted octanol–water partition coefficient (Wildman–Crippen LogP) is 2.04. The molecule has 8 nitrogen and oxygen atoms in total. The fourth-order valence-electron chi connectivity index (χ4n) is 1.93. The minimum atomic E-state index is -4.64. The summed E-state index contributed by atoms with van der Waals surface area (Å²) in [7, 11) is 0. The molecule has 136 valence electrons. The molecule has 2 rings (SSSR count). The summed E-state index contributed by atoms with van der Waals surface area (Å²) >= 11 is 0. The van der Waals surface area contributed by atoms with Crippen molar-refractivity contribution < 1.29 is 22.8 Å². The van der Waals surface area contributed by atoms with Crippen LogP contribution < -0.4 is 10.6 Å². The van der Waals surface area contributed by atoms with Gasteiger partial charge in [0, 0.05) is 25.4 Å². The van der Waals surface area contributed by atoms with Crippen molar-refractivity contribution in [3.63, 3.8) is 0 Å². The van der Waals surface area contributed by atoms with Crippen LogP contribution in [0, 0.1) is 0 Å². The van der Waals surface area contributed by atoms with Gasteiger partial charge in [-0.2, -0.15) is 23.4 Å². The Labute approximate surface area is 140 Å². The van der Waals surface area contributed by atoms with Crippen LogP contribution in [0.1, 0.15) is 46.9 Å². The van der Waals surface area contributed by atoms with Crippen LogP contribution >= 0.6 is 0 Å². The molecule has 2 aromatic rings. The van der Waals surface area contributed by atoms with Crippen LogP contribution in [-0.4, -0.2) is 38.3 Å². The number of amides is 2. The van der Waals surface area contributed by atoms with Crippen LogP contribution in [0.3, 0.4) is 0 Å². The molecule has 0 spiro atoms. The number of aryl methyl sites for hydroxylation is 1. The summed E-state index contributed by atoms with van der Waals surface area (Å²) in [5, 5.41) is 14.2. The van der Waals surface area contributed by atoms with Crippen molar-refractivity contribution >= 4 is 17.5 Å². The van der Waals surface area contributed by atoms with E-state index in [4.69, 9.17) is 0 Å². The van der Waals surface area contributed by atoms with E-state index in [9.17, 15) is 22.8 Å². The highest BCUT2D eigenvalue weighted by molar-refractivity contribution is 6.07. The first-order valence-electron chi connectivity index (χ1n) is 7.55. The first-order valence-corrected chi connectivity index (χ1v) is 7.55. The molecule has 0 fully saturated rings. The van der Waals surface area contributed by atoms with Gasteiger partial charge in [0.25, 0.3) is 11.8 Å². The van der Waals surface area contributed by atoms with Gasteiger partial charge >= 0.3 is 6.18 Å². The fraction of sp³-hybridized carbons (Fsp3) is 0.429. The third kappa shape index (κ3) is 4.37. The van der Waals surface area contributed by atoms with E-state index in [0.29, 0.717) is 19.2 Å². The second kappa shape index (κ2) is 7.36. The molecule has 2 aromatic heterocycles. The average Bonchev–Trinajstić information content (AvgIpc) is 3.19. The van der Waals surface area contributed by atoms with E-state index in [1.54, 1.807) is 12.0 Å². The van der Waals surface area contributed by atoms with E-state index in [0.717, 1.165) is 6.42 Å². The number of hydrogen-bond acceptors (Lipinski definition) is 4. The number of rotatable bonds is 6. The number of anilines is 1. The summed E-state index contributed by atoms with van der Waals surface area (Å²) in [6.07, 6.45) is -2.49. The highest BCUT2D eigenvalue weighted by Gasteiger charge is 2.34. The molecule has 0 aliphatic carbocycles. The number of H-pyrrole nitrogens is 1. The largest absolute Gasteiger partial charge is 0.432 e. The highest BCUT2D eigenvalue weighted by atomic mass is 19.4. The molecule has 2 amide bonds. The lowest BCUT2D eigenvalue weighted by atomic mass is 10.3. The number of carbonyl (C=O) groups excluding carboxylic acids is 2. The quantitative estimate of drug-likeness (QED) is 0.735. The van der Waals surface area contributed by atoms with Crippen molar-refractivity contribution in [2.75, 3.05) is 11.9 Å². The average molecular weight is 358 g/mol. The van der Waals surface area contributed by atoms with Crippen molar-refractivity contribution in [1.82, 2.24) is 25.3 Å². The normalized spacial score (nSPS) is 11.4. The molecule has 0 unspecified atom stereocenters. The van der Waals surface area contributed by atoms with E-state index in [1.165, 1.54) is 10.9 Å². The number of halogens is 3. The summed E-state index contributed by atoms with van der Waals surface area (Å²) in [5.74, 6) is -1.37. The van der Waals surface area contributed by atoms with Gasteiger partial charge in [0.1, 0.15) is 5.69 Å². The van der Waals surface area contributed by atoms with Gasteiger partial charge < -0.3 is 10.6 Å². The van der Waals surface area contributed by atoms with Crippen LogP contribution in [0.5, 0.6) is 0 Å². The Hall–Kier alpha value is -2.85. The summed E-state index contributed by atoms with van der Waals surface area (Å²) in [6.45, 7) is 4.54. The Bertz CT molecular complexity index is 765. The van der Waals surface area contributed by atoms with Crippen molar-refractivity contribution in [3.8, 4) is 0 Å². The van der Waals surface area contributed by atoms with Crippen LogP contribution in [-0.2, 0) is 12.7 Å². The zero-order valence-electron chi connectivity index (χ0n) is 13.6. The lowest BCUT2D eigenvalue weighted by molar-refractivity contribution is -0.141. The third-order valence-corrected chi connectivity index (χ3v) is 3.20. The smallest absolute Gasteiger partial charge is 0.351 e. The van der Waals surface area contributed by atoms with Gasteiger partial charge in [0.2, 0.25) is 0 Å². The number of hydrogen-bond donors (Lipinski definition) is 3. The number of aromatic nitrogens is 4. The van der Waals surface area contributed by atoms with Gasteiger partial charge in [-0.05, 0) is 13.3 Å². The molecule has 0 aromatic carbocycles. The first kappa shape index (κ1) is 18.5. The highest BCUT2D eigenvalue weighted by Crippen LogP contribution is 2.27. The van der Waals surface area contributed by atoms with E-state index in [2.05, 4.69) is 20.8 Å². The molecular weight excluding hydrogens is 341 g/mol. The Balaban J connectivity index is 2.21. The third-order valence-electron chi connectivity index (χ3n) is 3.20. The Morgan fingerprint density at radius 1 is 1.28 bits per heavy atom. The maximum atomic E-state index is 12.6. The number of alkyl halides is 3. The van der Waals surface area contributed by atoms with E-state index >= 15 is 0 Å². The van der Waals surface area contributed by atoms with Crippen LogP contribution in [0.15, 0.2) is 12.3 Å². The minimum Gasteiger partial charge on any atom is -0.351 e. The van der Waals surface area contributed by atoms with Gasteiger partial charge in [-0.1, -0.05) is 6.92 Å². The molecule has 0 aliphatic heterocycles. The maximum Gasteiger partial charge on any atom is 0.432 e. The van der Waals surface area contributed by atoms with Crippen LogP contribution in [0.25, 0.3) is 0 Å². The summed E-state index contributed by atoms with van der Waals surface area (Å²) in [4.78, 5) is 24.2. The minimum absolute atomic E-state index is 0.0183. The number of nitrogens with zero attached hydrogens (tertiary/aromatic N) is 3. The van der Waals surface area contributed by atoms with Gasteiger partial charge in [-0.25, -0.2) is 0 Å². The monoisotopic (exact) mass is 358 g/mol. The molecule has 11 heteroatoms. The summed E-state index contributed by atoms with van der Waals surface area (Å²) < 4.78 is 39.1. The fourth-order valence-corrected chi connectivity index (χ4v) is 1.93. The lowest BCUT2D eigenvalue weighted by Gasteiger charge is -2.04. The molecule has 0 radical (unpaired) electrons. The number of aromatic amines is 1. The summed E-state index contributed by atoms with van der Waals surface area (Å²) in [5.41, 5.74) is -1.51. The molecule has 3 N–H and O–H groups in total. The van der Waals surface area contributed by atoms with Crippen molar-refractivity contribution in [2.45, 2.75) is 33.0 Å². The lowest BCUT2D eigenvalue weighted by Crippen LogP contribution is -2.26. The van der Waals surface area contributed by atoms with Crippen LogP contribution in [0.4, 0.5) is 18.9 Å². The standard InChI is InChI=1S/C14H17F3N6O2/c1-3-5-18-13(25)11-9(7-23(4-2)22-11)19-12(24)8-6-10(21-20-8)14(15,16)17/h6-7H,3-5H2,1-2H3,(H,18,25)(H,19,24)(H,20,21). The molecule has 2 heterocycles. The molecular formula is C14H17F3N6O2. The second-order valence-electron chi connectivity index (χ2n) is 5.12. The Morgan fingerprint density at radius 3 is 2.56 bits per heavy atom. The Kier molecular flexibility index (Phi) is 5.45. The van der Waals surface area contributed by atoms with Gasteiger partial charge in [-0.15, -0.1) is 0 Å².